The van der Waals surface area contributed by atoms with Crippen LogP contribution in [-0.2, 0) is 9.53 Å². The largest absolute Gasteiger partial charge is 0.497 e. The molecule has 1 aromatic carbocycles. The molecule has 3 atom stereocenters. The Morgan fingerprint density at radius 3 is 2.46 bits per heavy atom. The molecule has 24 heavy (non-hydrogen) atoms. The zero-order valence-corrected chi connectivity index (χ0v) is 14.5. The minimum Gasteiger partial charge on any atom is -0.497 e. The molecule has 0 radical (unpaired) electrons. The summed E-state index contributed by atoms with van der Waals surface area (Å²) in [5.74, 6) is 2.04. The first-order valence-electron chi connectivity index (χ1n) is 8.89. The predicted octanol–water partition coefficient (Wildman–Crippen LogP) is 1.73. The van der Waals surface area contributed by atoms with E-state index < -0.39 is 0 Å². The minimum atomic E-state index is 0.136. The van der Waals surface area contributed by atoms with Crippen LogP contribution in [-0.4, -0.2) is 68.3 Å². The highest BCUT2D eigenvalue weighted by Crippen LogP contribution is 2.46. The molecule has 0 aliphatic carbocycles. The molecule has 0 aromatic heterocycles. The van der Waals surface area contributed by atoms with Crippen molar-refractivity contribution in [3.8, 4) is 5.75 Å². The van der Waals surface area contributed by atoms with Crippen LogP contribution in [0.4, 0.5) is 0 Å². The summed E-state index contributed by atoms with van der Waals surface area (Å²) in [6.07, 6.45) is 2.43. The first kappa shape index (κ1) is 15.9. The fraction of sp³-hybridized carbons (Fsp3) is 0.632. The highest BCUT2D eigenvalue weighted by atomic mass is 16.5. The van der Waals surface area contributed by atoms with Crippen molar-refractivity contribution in [3.05, 3.63) is 29.8 Å². The summed E-state index contributed by atoms with van der Waals surface area (Å²) < 4.78 is 10.4. The van der Waals surface area contributed by atoms with Crippen LogP contribution in [0.15, 0.2) is 24.3 Å². The van der Waals surface area contributed by atoms with Gasteiger partial charge in [0.05, 0.1) is 13.2 Å². The van der Waals surface area contributed by atoms with Crippen LogP contribution in [0, 0.1) is 5.92 Å². The fourth-order valence-corrected chi connectivity index (χ4v) is 5.06. The average molecular weight is 330 g/mol. The summed E-state index contributed by atoms with van der Waals surface area (Å²) in [6.45, 7) is 3.33. The van der Waals surface area contributed by atoms with Gasteiger partial charge in [-0.3, -0.25) is 9.69 Å². The van der Waals surface area contributed by atoms with Gasteiger partial charge in [-0.15, -0.1) is 0 Å². The molecule has 5 nitrogen and oxygen atoms in total. The van der Waals surface area contributed by atoms with Gasteiger partial charge < -0.3 is 14.4 Å². The third kappa shape index (κ3) is 2.50. The lowest BCUT2D eigenvalue weighted by atomic mass is 9.75. The van der Waals surface area contributed by atoms with Gasteiger partial charge >= 0.3 is 0 Å². The molecule has 0 saturated carbocycles. The fourth-order valence-electron chi connectivity index (χ4n) is 5.06. The van der Waals surface area contributed by atoms with Crippen LogP contribution in [0.3, 0.4) is 0 Å². The standard InChI is InChI=1S/C19H26N2O3/c1-23-12-17(22)21-11-16(13-3-5-15(24-2)6-4-13)19-18(21)14-7-9-20(19)10-8-14/h3-6,14,16,18-19H,7-12H2,1-2H3/t16-,18+,19+/m0/s1. The molecule has 4 aliphatic rings. The molecule has 1 aromatic rings. The Morgan fingerprint density at radius 1 is 1.12 bits per heavy atom. The van der Waals surface area contributed by atoms with Gasteiger partial charge in [-0.2, -0.15) is 0 Å². The number of rotatable bonds is 4. The molecule has 5 heteroatoms. The summed E-state index contributed by atoms with van der Waals surface area (Å²) in [5.41, 5.74) is 1.31. The molecule has 4 saturated heterocycles. The number of fused-ring (bicyclic) bond motifs is 2. The molecule has 2 bridgehead atoms. The third-order valence-electron chi connectivity index (χ3n) is 6.13. The lowest BCUT2D eigenvalue weighted by molar-refractivity contribution is -0.139. The number of methoxy groups -OCH3 is 2. The van der Waals surface area contributed by atoms with Crippen LogP contribution in [0.1, 0.15) is 24.3 Å². The van der Waals surface area contributed by atoms with E-state index in [0.29, 0.717) is 23.9 Å². The van der Waals surface area contributed by atoms with Crippen molar-refractivity contribution in [2.24, 2.45) is 5.92 Å². The van der Waals surface area contributed by atoms with Crippen molar-refractivity contribution in [3.63, 3.8) is 0 Å². The first-order valence-corrected chi connectivity index (χ1v) is 8.89. The number of hydrogen-bond acceptors (Lipinski definition) is 4. The second kappa shape index (κ2) is 6.37. The Kier molecular flexibility index (Phi) is 4.22. The van der Waals surface area contributed by atoms with Gasteiger partial charge in [0.25, 0.3) is 0 Å². The minimum absolute atomic E-state index is 0.136. The van der Waals surface area contributed by atoms with Crippen molar-refractivity contribution < 1.29 is 14.3 Å². The van der Waals surface area contributed by atoms with Gasteiger partial charge in [0.15, 0.2) is 0 Å². The molecule has 4 heterocycles. The summed E-state index contributed by atoms with van der Waals surface area (Å²) in [4.78, 5) is 17.3. The molecule has 130 valence electrons. The van der Waals surface area contributed by atoms with Crippen LogP contribution in [0.25, 0.3) is 0 Å². The molecule has 4 fully saturated rings. The number of carbonyl (C=O) groups excluding carboxylic acids is 1. The van der Waals surface area contributed by atoms with Gasteiger partial charge in [0.1, 0.15) is 12.4 Å². The maximum Gasteiger partial charge on any atom is 0.248 e. The van der Waals surface area contributed by atoms with E-state index in [-0.39, 0.29) is 12.5 Å². The van der Waals surface area contributed by atoms with Crippen LogP contribution >= 0.6 is 0 Å². The molecule has 1 amide bonds. The van der Waals surface area contributed by atoms with Gasteiger partial charge in [0.2, 0.25) is 5.91 Å². The lowest BCUT2D eigenvalue weighted by Crippen LogP contribution is -2.61. The Hall–Kier alpha value is -1.59. The van der Waals surface area contributed by atoms with Crippen molar-refractivity contribution in [1.82, 2.24) is 9.80 Å². The maximum absolute atomic E-state index is 12.6. The van der Waals surface area contributed by atoms with Crippen molar-refractivity contribution in [2.45, 2.75) is 30.8 Å². The second-order valence-corrected chi connectivity index (χ2v) is 7.21. The monoisotopic (exact) mass is 330 g/mol. The topological polar surface area (TPSA) is 42.0 Å². The summed E-state index contributed by atoms with van der Waals surface area (Å²) in [7, 11) is 3.29. The molecule has 0 N–H and O–H groups in total. The predicted molar refractivity (Wildman–Crippen MR) is 91.2 cm³/mol. The zero-order valence-electron chi connectivity index (χ0n) is 14.5. The number of piperidine rings is 3. The van der Waals surface area contributed by atoms with Gasteiger partial charge in [-0.1, -0.05) is 12.1 Å². The highest BCUT2D eigenvalue weighted by Gasteiger charge is 2.54. The number of hydrogen-bond donors (Lipinski definition) is 0. The molecule has 4 aliphatic heterocycles. The average Bonchev–Trinajstić information content (AvgIpc) is 3.06. The molecule has 0 spiro atoms. The van der Waals surface area contributed by atoms with Crippen LogP contribution in [0.5, 0.6) is 5.75 Å². The van der Waals surface area contributed by atoms with Gasteiger partial charge in [0, 0.05) is 25.6 Å². The number of ether oxygens (including phenoxy) is 2. The van der Waals surface area contributed by atoms with Crippen molar-refractivity contribution in [2.75, 3.05) is 40.5 Å². The van der Waals surface area contributed by atoms with E-state index in [2.05, 4.69) is 21.9 Å². The normalized spacial score (nSPS) is 34.2. The molecular weight excluding hydrogens is 304 g/mol. The number of likely N-dealkylation sites (tertiary alicyclic amines) is 1. The SMILES string of the molecule is COCC(=O)N1C[C@@H](c2ccc(OC)cc2)[C@@H]2[C@H]1C1CCN2CC1. The number of carbonyl (C=O) groups is 1. The van der Waals surface area contributed by atoms with Gasteiger partial charge in [-0.25, -0.2) is 0 Å². The Labute approximate surface area is 143 Å². The van der Waals surface area contributed by atoms with Crippen LogP contribution in [0.2, 0.25) is 0 Å². The van der Waals surface area contributed by atoms with Crippen molar-refractivity contribution >= 4 is 5.91 Å². The molecule has 0 unspecified atom stereocenters. The number of amides is 1. The Balaban J connectivity index is 1.65. The van der Waals surface area contributed by atoms with E-state index in [1.54, 1.807) is 14.2 Å². The maximum atomic E-state index is 12.6. The van der Waals surface area contributed by atoms with Gasteiger partial charge in [-0.05, 0) is 49.5 Å². The van der Waals surface area contributed by atoms with E-state index in [1.807, 2.05) is 12.1 Å². The summed E-state index contributed by atoms with van der Waals surface area (Å²) in [5, 5.41) is 0. The second-order valence-electron chi connectivity index (χ2n) is 7.21. The quantitative estimate of drug-likeness (QED) is 0.843. The van der Waals surface area contributed by atoms with E-state index in [1.165, 1.54) is 31.5 Å². The van der Waals surface area contributed by atoms with E-state index in [0.717, 1.165) is 12.3 Å². The highest BCUT2D eigenvalue weighted by molar-refractivity contribution is 5.78. The smallest absolute Gasteiger partial charge is 0.248 e. The first-order chi connectivity index (χ1) is 11.7. The number of nitrogens with zero attached hydrogens (tertiary/aromatic N) is 2. The van der Waals surface area contributed by atoms with E-state index in [9.17, 15) is 4.79 Å². The number of benzene rings is 1. The summed E-state index contributed by atoms with van der Waals surface area (Å²) >= 11 is 0. The third-order valence-corrected chi connectivity index (χ3v) is 6.13. The Bertz CT molecular complexity index is 595. The van der Waals surface area contributed by atoms with Crippen LogP contribution < -0.4 is 4.74 Å². The Morgan fingerprint density at radius 2 is 1.83 bits per heavy atom. The molecule has 5 rings (SSSR count). The van der Waals surface area contributed by atoms with E-state index in [4.69, 9.17) is 9.47 Å². The summed E-state index contributed by atoms with van der Waals surface area (Å²) in [6, 6.07) is 9.18. The lowest BCUT2D eigenvalue weighted by Gasteiger charge is -2.51. The zero-order chi connectivity index (χ0) is 16.7. The van der Waals surface area contributed by atoms with Crippen molar-refractivity contribution in [1.29, 1.82) is 0 Å². The van der Waals surface area contributed by atoms with E-state index >= 15 is 0 Å². The molecular formula is C19H26N2O3.